The van der Waals surface area contributed by atoms with E-state index in [-0.39, 0.29) is 29.0 Å². The second-order valence-electron chi connectivity index (χ2n) is 5.77. The number of hydrogen-bond donors (Lipinski definition) is 3. The molecule has 0 saturated heterocycles. The van der Waals surface area contributed by atoms with Crippen LogP contribution in [0.15, 0.2) is 30.3 Å². The number of hydrogen-bond acceptors (Lipinski definition) is 4. The monoisotopic (exact) mass is 492 g/mol. The normalized spacial score (nSPS) is 11.9. The minimum absolute atomic E-state index is 0.0572. The number of carbonyl (C=O) groups is 1. The summed E-state index contributed by atoms with van der Waals surface area (Å²) >= 11 is 8.04. The van der Waals surface area contributed by atoms with Crippen LogP contribution in [0.25, 0.3) is 0 Å². The third-order valence-corrected chi connectivity index (χ3v) is 4.61. The van der Waals surface area contributed by atoms with E-state index in [1.807, 2.05) is 25.1 Å². The van der Waals surface area contributed by atoms with Crippen molar-refractivity contribution in [2.75, 3.05) is 11.9 Å². The molecule has 0 aromatic heterocycles. The van der Waals surface area contributed by atoms with Crippen molar-refractivity contribution in [2.24, 2.45) is 0 Å². The Balaban J connectivity index is 2.28. The minimum Gasteiger partial charge on any atom is -0.396 e. The molecule has 0 saturated carbocycles. The summed E-state index contributed by atoms with van der Waals surface area (Å²) < 4.78 is 15.0. The summed E-state index contributed by atoms with van der Waals surface area (Å²) in [5.41, 5.74) is 4.42. The zero-order valence-electron chi connectivity index (χ0n) is 14.3. The Kier molecular flexibility index (Phi) is 7.63. The summed E-state index contributed by atoms with van der Waals surface area (Å²) in [6, 6.07) is 8.14. The summed E-state index contributed by atoms with van der Waals surface area (Å²) in [6.45, 7) is 3.57. The van der Waals surface area contributed by atoms with Gasteiger partial charge in [0.1, 0.15) is 5.82 Å². The lowest BCUT2D eigenvalue weighted by molar-refractivity contribution is -0.0167. The number of aryl methyl sites for hydroxylation is 1. The number of aliphatic hydroxyl groups is 1. The van der Waals surface area contributed by atoms with Crippen LogP contribution in [0.1, 0.15) is 29.3 Å². The first-order chi connectivity index (χ1) is 12.3. The third-order valence-electron chi connectivity index (χ3n) is 3.65. The maximum Gasteiger partial charge on any atom is 0.277 e. The van der Waals surface area contributed by atoms with Gasteiger partial charge in [-0.25, -0.2) is 9.87 Å². The van der Waals surface area contributed by atoms with Crippen molar-refractivity contribution in [3.05, 3.63) is 55.9 Å². The number of hydroxylamine groups is 1. The SMILES string of the molecule is Cc1cc(I)ccc1Nc1cc(F)c(Cl)cc1C(=O)NOC(C)CCO. The molecule has 3 N–H and O–H groups in total. The van der Waals surface area contributed by atoms with E-state index in [0.29, 0.717) is 6.42 Å². The largest absolute Gasteiger partial charge is 0.396 e. The van der Waals surface area contributed by atoms with Crippen molar-refractivity contribution in [3.8, 4) is 0 Å². The lowest BCUT2D eigenvalue weighted by Crippen LogP contribution is -2.29. The van der Waals surface area contributed by atoms with E-state index < -0.39 is 11.7 Å². The number of halogens is 3. The van der Waals surface area contributed by atoms with Crippen LogP contribution in [0.5, 0.6) is 0 Å². The van der Waals surface area contributed by atoms with Gasteiger partial charge in [-0.3, -0.25) is 9.63 Å². The highest BCUT2D eigenvalue weighted by Gasteiger charge is 2.17. The fraction of sp³-hybridized carbons (Fsp3) is 0.278. The van der Waals surface area contributed by atoms with Gasteiger partial charge >= 0.3 is 0 Å². The highest BCUT2D eigenvalue weighted by Crippen LogP contribution is 2.29. The number of amides is 1. The standard InChI is InChI=1S/C18H19ClFIN2O3/c1-10-7-12(21)3-4-16(10)22-17-9-15(20)14(19)8-13(17)18(25)23-26-11(2)5-6-24/h3-4,7-9,11,22,24H,5-6H2,1-2H3,(H,23,25). The van der Waals surface area contributed by atoms with Crippen molar-refractivity contribution < 1.29 is 19.1 Å². The number of carbonyl (C=O) groups excluding carboxylic acids is 1. The van der Waals surface area contributed by atoms with Gasteiger partial charge in [0.25, 0.3) is 5.91 Å². The van der Waals surface area contributed by atoms with E-state index in [0.717, 1.165) is 14.8 Å². The molecule has 2 aromatic carbocycles. The van der Waals surface area contributed by atoms with Crippen LogP contribution >= 0.6 is 34.2 Å². The smallest absolute Gasteiger partial charge is 0.277 e. The van der Waals surface area contributed by atoms with Crippen LogP contribution in [0.4, 0.5) is 15.8 Å². The fourth-order valence-corrected chi connectivity index (χ4v) is 3.01. The highest BCUT2D eigenvalue weighted by atomic mass is 127. The van der Waals surface area contributed by atoms with Gasteiger partial charge in [-0.2, -0.15) is 0 Å². The molecule has 0 aliphatic heterocycles. The molecule has 2 rings (SSSR count). The van der Waals surface area contributed by atoms with Crippen LogP contribution in [-0.2, 0) is 4.84 Å². The molecule has 140 valence electrons. The predicted molar refractivity (Wildman–Crippen MR) is 108 cm³/mol. The Bertz CT molecular complexity index is 804. The van der Waals surface area contributed by atoms with Crippen LogP contribution in [-0.4, -0.2) is 23.7 Å². The first-order valence-electron chi connectivity index (χ1n) is 7.91. The van der Waals surface area contributed by atoms with Gasteiger partial charge in [0, 0.05) is 15.9 Å². The Morgan fingerprint density at radius 1 is 1.35 bits per heavy atom. The number of nitrogens with one attached hydrogen (secondary N) is 2. The maximum absolute atomic E-state index is 13.9. The molecule has 2 aromatic rings. The molecule has 0 aliphatic rings. The van der Waals surface area contributed by atoms with Gasteiger partial charge < -0.3 is 10.4 Å². The number of benzene rings is 2. The lowest BCUT2D eigenvalue weighted by atomic mass is 10.1. The number of anilines is 2. The van der Waals surface area contributed by atoms with E-state index >= 15 is 0 Å². The van der Waals surface area contributed by atoms with Crippen molar-refractivity contribution in [3.63, 3.8) is 0 Å². The van der Waals surface area contributed by atoms with E-state index in [1.165, 1.54) is 12.1 Å². The Hall–Kier alpha value is -1.42. The van der Waals surface area contributed by atoms with Crippen LogP contribution in [0.2, 0.25) is 5.02 Å². The molecule has 0 bridgehead atoms. The van der Waals surface area contributed by atoms with Crippen LogP contribution < -0.4 is 10.8 Å². The summed E-state index contributed by atoms with van der Waals surface area (Å²) in [4.78, 5) is 17.6. The summed E-state index contributed by atoms with van der Waals surface area (Å²) in [6.07, 6.45) is 0.00643. The molecule has 8 heteroatoms. The van der Waals surface area contributed by atoms with Gasteiger partial charge in [0.05, 0.1) is 22.4 Å². The van der Waals surface area contributed by atoms with Crippen LogP contribution in [0.3, 0.4) is 0 Å². The van der Waals surface area contributed by atoms with Crippen molar-refractivity contribution in [1.82, 2.24) is 5.48 Å². The van der Waals surface area contributed by atoms with Crippen LogP contribution in [0, 0.1) is 16.3 Å². The fourth-order valence-electron chi connectivity index (χ4n) is 2.20. The molecule has 1 atom stereocenters. The van der Waals surface area contributed by atoms with Crippen molar-refractivity contribution in [2.45, 2.75) is 26.4 Å². The third kappa shape index (κ3) is 5.54. The van der Waals surface area contributed by atoms with E-state index in [1.54, 1.807) is 6.92 Å². The topological polar surface area (TPSA) is 70.6 Å². The molecule has 0 aliphatic carbocycles. The van der Waals surface area contributed by atoms with Gasteiger partial charge in [-0.1, -0.05) is 11.6 Å². The number of aliphatic hydroxyl groups excluding tert-OH is 1. The van der Waals surface area contributed by atoms with E-state index in [4.69, 9.17) is 21.5 Å². The molecule has 5 nitrogen and oxygen atoms in total. The zero-order chi connectivity index (χ0) is 19.3. The van der Waals surface area contributed by atoms with Gasteiger partial charge in [-0.05, 0) is 78.8 Å². The lowest BCUT2D eigenvalue weighted by Gasteiger charge is -2.16. The average Bonchev–Trinajstić information content (AvgIpc) is 2.58. The van der Waals surface area contributed by atoms with Crippen molar-refractivity contribution >= 4 is 51.5 Å². The van der Waals surface area contributed by atoms with Gasteiger partial charge in [-0.15, -0.1) is 0 Å². The molecule has 0 radical (unpaired) electrons. The molecule has 26 heavy (non-hydrogen) atoms. The second kappa shape index (κ2) is 9.50. The van der Waals surface area contributed by atoms with Gasteiger partial charge in [0.2, 0.25) is 0 Å². The van der Waals surface area contributed by atoms with Crippen molar-refractivity contribution in [1.29, 1.82) is 0 Å². The summed E-state index contributed by atoms with van der Waals surface area (Å²) in [5.74, 6) is -1.20. The summed E-state index contributed by atoms with van der Waals surface area (Å²) in [5, 5.41) is 11.8. The predicted octanol–water partition coefficient (Wildman–Crippen LogP) is 4.57. The quantitative estimate of drug-likeness (QED) is 0.391. The number of rotatable bonds is 7. The van der Waals surface area contributed by atoms with Gasteiger partial charge in [0.15, 0.2) is 0 Å². The van der Waals surface area contributed by atoms with E-state index in [2.05, 4.69) is 33.4 Å². The Labute approximate surface area is 170 Å². The minimum atomic E-state index is -0.636. The first kappa shape index (κ1) is 20.9. The molecule has 0 fully saturated rings. The molecule has 1 unspecified atom stereocenters. The highest BCUT2D eigenvalue weighted by molar-refractivity contribution is 14.1. The molecule has 0 spiro atoms. The summed E-state index contributed by atoms with van der Waals surface area (Å²) in [7, 11) is 0. The molecular weight excluding hydrogens is 474 g/mol. The zero-order valence-corrected chi connectivity index (χ0v) is 17.2. The Morgan fingerprint density at radius 3 is 2.73 bits per heavy atom. The Morgan fingerprint density at radius 2 is 2.08 bits per heavy atom. The second-order valence-corrected chi connectivity index (χ2v) is 7.42. The van der Waals surface area contributed by atoms with E-state index in [9.17, 15) is 9.18 Å². The molecular formula is C18H19ClFIN2O3. The molecule has 1 amide bonds. The first-order valence-corrected chi connectivity index (χ1v) is 9.36. The average molecular weight is 493 g/mol. The maximum atomic E-state index is 13.9. The molecule has 0 heterocycles.